The van der Waals surface area contributed by atoms with Crippen LogP contribution in [0.3, 0.4) is 0 Å². The van der Waals surface area contributed by atoms with Gasteiger partial charge in [0.25, 0.3) is 0 Å². The number of para-hydroxylation sites is 1. The number of nitrogens with zero attached hydrogens (tertiary/aromatic N) is 2. The Labute approximate surface area is 141 Å². The van der Waals surface area contributed by atoms with Crippen LogP contribution in [0.1, 0.15) is 46.0 Å². The van der Waals surface area contributed by atoms with Crippen LogP contribution in [-0.2, 0) is 11.1 Å². The fraction of sp³-hybridized carbons (Fsp3) is 0.556. The van der Waals surface area contributed by atoms with Gasteiger partial charge in [0, 0.05) is 18.1 Å². The van der Waals surface area contributed by atoms with E-state index in [2.05, 4.69) is 42.0 Å². The molecule has 2 unspecified atom stereocenters. The first kappa shape index (κ1) is 16.5. The number of anilines is 1. The van der Waals surface area contributed by atoms with E-state index in [0.717, 1.165) is 37.8 Å². The summed E-state index contributed by atoms with van der Waals surface area (Å²) < 4.78 is 22.4. The molecule has 0 spiro atoms. The summed E-state index contributed by atoms with van der Waals surface area (Å²) in [5.41, 5.74) is 1.12. The topological polar surface area (TPSA) is 43.8 Å². The maximum Gasteiger partial charge on any atom is 0.179 e. The number of hydrogen-bond donors (Lipinski definition) is 1. The molecule has 23 heavy (non-hydrogen) atoms. The van der Waals surface area contributed by atoms with Crippen LogP contribution in [0.15, 0.2) is 42.7 Å². The molecular weight excluding hydrogens is 308 g/mol. The van der Waals surface area contributed by atoms with Crippen LogP contribution in [-0.4, -0.2) is 24.7 Å². The van der Waals surface area contributed by atoms with Crippen molar-refractivity contribution in [1.29, 1.82) is 0 Å². The van der Waals surface area contributed by atoms with Crippen LogP contribution in [0, 0.1) is 5.92 Å². The largest absolute Gasteiger partial charge is 0.336 e. The highest BCUT2D eigenvalue weighted by Crippen LogP contribution is 2.42. The second kappa shape index (κ2) is 6.65. The molecule has 1 saturated carbocycles. The molecule has 1 fully saturated rings. The van der Waals surface area contributed by atoms with Crippen molar-refractivity contribution >= 4 is 16.8 Å². The van der Waals surface area contributed by atoms with Crippen LogP contribution < -0.4 is 4.90 Å². The maximum atomic E-state index is 12.3. The summed E-state index contributed by atoms with van der Waals surface area (Å²) in [6.45, 7) is 4.36. The van der Waals surface area contributed by atoms with E-state index in [1.165, 1.54) is 0 Å². The van der Waals surface area contributed by atoms with Crippen LogP contribution in [0.2, 0.25) is 0 Å². The third-order valence-electron chi connectivity index (χ3n) is 5.04. The average Bonchev–Trinajstić information content (AvgIpc) is 3.02. The highest BCUT2D eigenvalue weighted by atomic mass is 32.2. The van der Waals surface area contributed by atoms with Crippen LogP contribution >= 0.6 is 0 Å². The smallest absolute Gasteiger partial charge is 0.179 e. The fourth-order valence-corrected chi connectivity index (χ4v) is 4.93. The minimum Gasteiger partial charge on any atom is -0.336 e. The van der Waals surface area contributed by atoms with Crippen molar-refractivity contribution in [3.8, 4) is 0 Å². The lowest BCUT2D eigenvalue weighted by Gasteiger charge is -2.47. The summed E-state index contributed by atoms with van der Waals surface area (Å²) in [5, 5.41) is 0. The second-order valence-electron chi connectivity index (χ2n) is 6.86. The lowest BCUT2D eigenvalue weighted by Crippen LogP contribution is -2.57. The molecule has 0 aromatic heterocycles. The number of rotatable bonds is 4. The van der Waals surface area contributed by atoms with Crippen molar-refractivity contribution in [1.82, 2.24) is 4.90 Å². The van der Waals surface area contributed by atoms with E-state index in [4.69, 9.17) is 0 Å². The lowest BCUT2D eigenvalue weighted by molar-refractivity contribution is 0.112. The molecule has 1 aliphatic carbocycles. The van der Waals surface area contributed by atoms with Crippen molar-refractivity contribution in [3.63, 3.8) is 0 Å². The normalized spacial score (nSPS) is 25.1. The summed E-state index contributed by atoms with van der Waals surface area (Å²) in [6.07, 6.45) is 8.93. The highest BCUT2D eigenvalue weighted by Gasteiger charge is 2.48. The Hall–Kier alpha value is -1.33. The minimum absolute atomic E-state index is 0.0756. The van der Waals surface area contributed by atoms with E-state index < -0.39 is 16.0 Å². The van der Waals surface area contributed by atoms with Crippen molar-refractivity contribution < 1.29 is 8.76 Å². The summed E-state index contributed by atoms with van der Waals surface area (Å²) in [6, 6.07) is 10.3. The Morgan fingerprint density at radius 1 is 1.13 bits per heavy atom. The van der Waals surface area contributed by atoms with Crippen molar-refractivity contribution in [2.24, 2.45) is 5.92 Å². The van der Waals surface area contributed by atoms with E-state index in [1.807, 2.05) is 24.4 Å². The second-order valence-corrected chi connectivity index (χ2v) is 8.12. The molecule has 1 aromatic rings. The van der Waals surface area contributed by atoms with Gasteiger partial charge in [0.1, 0.15) is 11.0 Å². The van der Waals surface area contributed by atoms with Gasteiger partial charge in [0.2, 0.25) is 0 Å². The molecule has 2 aliphatic rings. The molecule has 5 heteroatoms. The quantitative estimate of drug-likeness (QED) is 0.840. The van der Waals surface area contributed by atoms with E-state index in [9.17, 15) is 8.76 Å². The van der Waals surface area contributed by atoms with Crippen molar-refractivity contribution in [2.45, 2.75) is 57.0 Å². The molecule has 1 aromatic carbocycles. The first-order chi connectivity index (χ1) is 11.1. The molecule has 0 amide bonds. The van der Waals surface area contributed by atoms with Gasteiger partial charge in [-0.05, 0) is 30.9 Å². The molecule has 0 bridgehead atoms. The monoisotopic (exact) mass is 334 g/mol. The SMILES string of the molecule is CC(C)C1N(c2ccccc2)C=CN1C1(S(=O)O)CCCCC1. The molecule has 1 aliphatic heterocycles. The molecule has 1 N–H and O–H groups in total. The predicted octanol–water partition coefficient (Wildman–Crippen LogP) is 4.14. The Balaban J connectivity index is 1.96. The average molecular weight is 334 g/mol. The van der Waals surface area contributed by atoms with Gasteiger partial charge in [-0.3, -0.25) is 0 Å². The van der Waals surface area contributed by atoms with Gasteiger partial charge in [-0.25, -0.2) is 4.21 Å². The van der Waals surface area contributed by atoms with Gasteiger partial charge in [-0.15, -0.1) is 0 Å². The zero-order valence-electron chi connectivity index (χ0n) is 13.9. The lowest BCUT2D eigenvalue weighted by atomic mass is 9.92. The molecule has 0 saturated heterocycles. The number of benzene rings is 1. The molecule has 4 nitrogen and oxygen atoms in total. The van der Waals surface area contributed by atoms with E-state index >= 15 is 0 Å². The standard InChI is InChI=1S/C18H26N2O2S/c1-15(2)17-19(16-9-5-3-6-10-16)13-14-20(17)18(23(21)22)11-7-4-8-12-18/h3,5-6,9-10,13-15,17H,4,7-8,11-12H2,1-2H3,(H,21,22). The molecule has 126 valence electrons. The Morgan fingerprint density at radius 2 is 1.78 bits per heavy atom. The molecule has 2 atom stereocenters. The van der Waals surface area contributed by atoms with Crippen LogP contribution in [0.5, 0.6) is 0 Å². The molecular formula is C18H26N2O2S. The van der Waals surface area contributed by atoms with Gasteiger partial charge >= 0.3 is 0 Å². The zero-order chi connectivity index (χ0) is 16.4. The van der Waals surface area contributed by atoms with E-state index in [0.29, 0.717) is 5.92 Å². The zero-order valence-corrected chi connectivity index (χ0v) is 14.7. The van der Waals surface area contributed by atoms with Crippen molar-refractivity contribution in [3.05, 3.63) is 42.7 Å². The number of hydrogen-bond acceptors (Lipinski definition) is 3. The summed E-state index contributed by atoms with van der Waals surface area (Å²) >= 11 is -1.86. The minimum atomic E-state index is -1.86. The highest BCUT2D eigenvalue weighted by molar-refractivity contribution is 7.80. The summed E-state index contributed by atoms with van der Waals surface area (Å²) in [5.74, 6) is 0.340. The van der Waals surface area contributed by atoms with Crippen LogP contribution in [0.25, 0.3) is 0 Å². The van der Waals surface area contributed by atoms with Gasteiger partial charge in [0.05, 0.1) is 0 Å². The van der Waals surface area contributed by atoms with Gasteiger partial charge < -0.3 is 14.4 Å². The first-order valence-corrected chi connectivity index (χ1v) is 9.58. The van der Waals surface area contributed by atoms with Gasteiger partial charge in [-0.2, -0.15) is 0 Å². The fourth-order valence-electron chi connectivity index (χ4n) is 3.94. The predicted molar refractivity (Wildman–Crippen MR) is 95.1 cm³/mol. The van der Waals surface area contributed by atoms with Crippen molar-refractivity contribution in [2.75, 3.05) is 4.90 Å². The summed E-state index contributed by atoms with van der Waals surface area (Å²) in [7, 11) is 0. The molecule has 0 radical (unpaired) electrons. The first-order valence-electron chi connectivity index (χ1n) is 8.47. The van der Waals surface area contributed by atoms with E-state index in [-0.39, 0.29) is 6.17 Å². The Kier molecular flexibility index (Phi) is 4.78. The third-order valence-corrected chi connectivity index (χ3v) is 6.31. The Morgan fingerprint density at radius 3 is 2.35 bits per heavy atom. The van der Waals surface area contributed by atoms with Gasteiger partial charge in [0.15, 0.2) is 11.1 Å². The van der Waals surface area contributed by atoms with Crippen LogP contribution in [0.4, 0.5) is 5.69 Å². The molecule has 3 rings (SSSR count). The Bertz CT molecular complexity index is 582. The third kappa shape index (κ3) is 2.92. The molecule has 1 heterocycles. The summed E-state index contributed by atoms with van der Waals surface area (Å²) in [4.78, 5) is 3.75. The van der Waals surface area contributed by atoms with E-state index in [1.54, 1.807) is 0 Å². The maximum absolute atomic E-state index is 12.3. The van der Waals surface area contributed by atoms with Gasteiger partial charge in [-0.1, -0.05) is 51.3 Å².